The van der Waals surface area contributed by atoms with Gasteiger partial charge < -0.3 is 0 Å². The highest BCUT2D eigenvalue weighted by molar-refractivity contribution is 7.98. The van der Waals surface area contributed by atoms with E-state index in [0.29, 0.717) is 0 Å². The summed E-state index contributed by atoms with van der Waals surface area (Å²) in [7, 11) is 0. The van der Waals surface area contributed by atoms with E-state index in [1.54, 1.807) is 18.0 Å². The summed E-state index contributed by atoms with van der Waals surface area (Å²) in [6.07, 6.45) is 1.78. The maximum Gasteiger partial charge on any atom is 0.209 e. The predicted octanol–water partition coefficient (Wildman–Crippen LogP) is 3.75. The zero-order chi connectivity index (χ0) is 14.8. The largest absolute Gasteiger partial charge is 0.256 e. The van der Waals surface area contributed by atoms with Gasteiger partial charge in [0.15, 0.2) is 0 Å². The Morgan fingerprint density at radius 1 is 1.29 bits per heavy atom. The van der Waals surface area contributed by atoms with Crippen LogP contribution in [0.25, 0.3) is 10.9 Å². The fourth-order valence-corrected chi connectivity index (χ4v) is 3.27. The van der Waals surface area contributed by atoms with E-state index < -0.39 is 0 Å². The van der Waals surface area contributed by atoms with Crippen LogP contribution in [0.4, 0.5) is 0 Å². The highest BCUT2D eigenvalue weighted by Gasteiger charge is 2.12. The summed E-state index contributed by atoms with van der Waals surface area (Å²) in [4.78, 5) is 4.44. The zero-order valence-electron chi connectivity index (χ0n) is 11.7. The van der Waals surface area contributed by atoms with Crippen molar-refractivity contribution in [1.82, 2.24) is 25.2 Å². The average Bonchev–Trinajstić information content (AvgIpc) is 2.96. The second-order valence-corrected chi connectivity index (χ2v) is 6.24. The molecule has 3 aromatic rings. The van der Waals surface area contributed by atoms with Crippen molar-refractivity contribution in [3.05, 3.63) is 41.0 Å². The Balaban J connectivity index is 1.89. The molecule has 0 N–H and O–H groups in total. The van der Waals surface area contributed by atoms with Crippen molar-refractivity contribution >= 4 is 34.3 Å². The molecular weight excluding hydrogens is 306 g/mol. The lowest BCUT2D eigenvalue weighted by atomic mass is 10.1. The van der Waals surface area contributed by atoms with Crippen molar-refractivity contribution < 1.29 is 0 Å². The van der Waals surface area contributed by atoms with Crippen molar-refractivity contribution in [2.45, 2.75) is 30.8 Å². The molecule has 0 bridgehead atoms. The number of thioether (sulfide) groups is 1. The maximum atomic E-state index is 6.21. The number of tetrazole rings is 1. The van der Waals surface area contributed by atoms with Crippen LogP contribution in [-0.2, 0) is 5.75 Å². The number of aromatic nitrogens is 5. The molecular formula is C14H14ClN5S. The van der Waals surface area contributed by atoms with Crippen molar-refractivity contribution in [2.75, 3.05) is 0 Å². The van der Waals surface area contributed by atoms with Gasteiger partial charge in [0.2, 0.25) is 5.16 Å². The topological polar surface area (TPSA) is 56.5 Å². The number of hydrogen-bond donors (Lipinski definition) is 0. The number of hydrogen-bond acceptors (Lipinski definition) is 5. The lowest BCUT2D eigenvalue weighted by Gasteiger charge is -2.09. The first-order valence-corrected chi connectivity index (χ1v) is 7.96. The van der Waals surface area contributed by atoms with Gasteiger partial charge in [-0.2, -0.15) is 0 Å². The summed E-state index contributed by atoms with van der Waals surface area (Å²) >= 11 is 7.81. The zero-order valence-corrected chi connectivity index (χ0v) is 13.3. The van der Waals surface area contributed by atoms with Gasteiger partial charge >= 0.3 is 0 Å². The minimum atomic E-state index is 0.239. The Kier molecular flexibility index (Phi) is 4.07. The van der Waals surface area contributed by atoms with Crippen LogP contribution in [0.5, 0.6) is 0 Å². The molecule has 7 heteroatoms. The van der Waals surface area contributed by atoms with Gasteiger partial charge in [-0.05, 0) is 48.0 Å². The first-order valence-electron chi connectivity index (χ1n) is 6.59. The van der Waals surface area contributed by atoms with Gasteiger partial charge in [-0.15, -0.1) is 5.10 Å². The van der Waals surface area contributed by atoms with Gasteiger partial charge in [-0.25, -0.2) is 4.68 Å². The van der Waals surface area contributed by atoms with E-state index in [2.05, 4.69) is 34.4 Å². The summed E-state index contributed by atoms with van der Waals surface area (Å²) in [6, 6.07) is 8.03. The van der Waals surface area contributed by atoms with Crippen molar-refractivity contribution in [2.24, 2.45) is 0 Å². The molecule has 0 atom stereocenters. The number of halogens is 1. The van der Waals surface area contributed by atoms with Gasteiger partial charge in [0, 0.05) is 22.4 Å². The molecule has 0 saturated heterocycles. The summed E-state index contributed by atoms with van der Waals surface area (Å²) in [5.74, 6) is 0.748. The quantitative estimate of drug-likeness (QED) is 0.685. The number of pyridine rings is 1. The Labute approximate surface area is 131 Å². The molecule has 0 aliphatic heterocycles. The van der Waals surface area contributed by atoms with Gasteiger partial charge in [0.25, 0.3) is 0 Å². The van der Waals surface area contributed by atoms with Crippen LogP contribution < -0.4 is 0 Å². The van der Waals surface area contributed by atoms with Crippen LogP contribution in [0, 0.1) is 0 Å². The molecule has 0 spiro atoms. The van der Waals surface area contributed by atoms with Crippen LogP contribution in [0.3, 0.4) is 0 Å². The van der Waals surface area contributed by atoms with Crippen LogP contribution in [0.15, 0.2) is 35.6 Å². The molecule has 21 heavy (non-hydrogen) atoms. The molecule has 108 valence electrons. The molecule has 0 saturated carbocycles. The van der Waals surface area contributed by atoms with E-state index in [1.807, 2.05) is 28.9 Å². The number of benzene rings is 1. The summed E-state index contributed by atoms with van der Waals surface area (Å²) < 4.78 is 1.82. The minimum Gasteiger partial charge on any atom is -0.256 e. The van der Waals surface area contributed by atoms with Crippen LogP contribution >= 0.6 is 23.4 Å². The maximum absolute atomic E-state index is 6.21. The fraction of sp³-hybridized carbons (Fsp3) is 0.286. The number of fused-ring (bicyclic) bond motifs is 1. The second kappa shape index (κ2) is 5.99. The summed E-state index contributed by atoms with van der Waals surface area (Å²) in [5.41, 5.74) is 2.05. The SMILES string of the molecule is CC(C)n1nnnc1SCc1ccc(Cl)c2cccnc12. The lowest BCUT2D eigenvalue weighted by Crippen LogP contribution is -2.04. The average molecular weight is 320 g/mol. The van der Waals surface area contributed by atoms with E-state index in [9.17, 15) is 0 Å². The van der Waals surface area contributed by atoms with Crippen molar-refractivity contribution in [3.63, 3.8) is 0 Å². The Hall–Kier alpha value is -1.66. The third-order valence-corrected chi connectivity index (χ3v) is 4.42. The third-order valence-electron chi connectivity index (χ3n) is 3.11. The molecule has 0 aliphatic carbocycles. The smallest absolute Gasteiger partial charge is 0.209 e. The monoisotopic (exact) mass is 319 g/mol. The third kappa shape index (κ3) is 2.87. The molecule has 2 heterocycles. The fourth-order valence-electron chi connectivity index (χ4n) is 2.06. The molecule has 1 aromatic carbocycles. The number of rotatable bonds is 4. The molecule has 0 aliphatic rings. The molecule has 0 fully saturated rings. The first-order chi connectivity index (χ1) is 10.2. The first kappa shape index (κ1) is 14.3. The normalized spacial score (nSPS) is 11.4. The predicted molar refractivity (Wildman–Crippen MR) is 84.5 cm³/mol. The van der Waals surface area contributed by atoms with Crippen LogP contribution in [0.1, 0.15) is 25.5 Å². The Bertz CT molecular complexity index is 771. The highest BCUT2D eigenvalue weighted by atomic mass is 35.5. The lowest BCUT2D eigenvalue weighted by molar-refractivity contribution is 0.477. The minimum absolute atomic E-state index is 0.239. The molecule has 0 amide bonds. The summed E-state index contributed by atoms with van der Waals surface area (Å²) in [6.45, 7) is 4.11. The van der Waals surface area contributed by atoms with E-state index in [-0.39, 0.29) is 6.04 Å². The standard InChI is InChI=1S/C14H14ClN5S/c1-9(2)20-14(17-18-19-20)21-8-10-5-6-12(15)11-4-3-7-16-13(10)11/h3-7,9H,8H2,1-2H3. The Morgan fingerprint density at radius 3 is 2.95 bits per heavy atom. The molecule has 2 aromatic heterocycles. The molecule has 3 rings (SSSR count). The van der Waals surface area contributed by atoms with Gasteiger partial charge in [0.05, 0.1) is 11.6 Å². The van der Waals surface area contributed by atoms with Crippen molar-refractivity contribution in [1.29, 1.82) is 0 Å². The highest BCUT2D eigenvalue weighted by Crippen LogP contribution is 2.29. The van der Waals surface area contributed by atoms with Crippen molar-refractivity contribution in [3.8, 4) is 0 Å². The van der Waals surface area contributed by atoms with Crippen LogP contribution in [0.2, 0.25) is 5.02 Å². The molecule has 5 nitrogen and oxygen atoms in total. The number of nitrogens with zero attached hydrogens (tertiary/aromatic N) is 5. The van der Waals surface area contributed by atoms with Crippen LogP contribution in [-0.4, -0.2) is 25.2 Å². The van der Waals surface area contributed by atoms with E-state index in [1.165, 1.54) is 0 Å². The molecule has 0 radical (unpaired) electrons. The van der Waals surface area contributed by atoms with Gasteiger partial charge in [-0.3, -0.25) is 4.98 Å². The van der Waals surface area contributed by atoms with E-state index in [0.717, 1.165) is 32.4 Å². The summed E-state index contributed by atoms with van der Waals surface area (Å²) in [5, 5.41) is 14.3. The van der Waals surface area contributed by atoms with Gasteiger partial charge in [0.1, 0.15) is 0 Å². The van der Waals surface area contributed by atoms with E-state index in [4.69, 9.17) is 11.6 Å². The van der Waals surface area contributed by atoms with Gasteiger partial charge in [-0.1, -0.05) is 29.4 Å². The Morgan fingerprint density at radius 2 is 2.14 bits per heavy atom. The van der Waals surface area contributed by atoms with E-state index >= 15 is 0 Å². The molecule has 0 unspecified atom stereocenters. The second-order valence-electron chi connectivity index (χ2n) is 4.89.